The molecule has 3 aromatic rings. The lowest BCUT2D eigenvalue weighted by Crippen LogP contribution is -2.18. The molecule has 2 aromatic carbocycles. The van der Waals surface area contributed by atoms with Crippen LogP contribution in [-0.2, 0) is 0 Å². The molecule has 2 amide bonds. The van der Waals surface area contributed by atoms with Gasteiger partial charge < -0.3 is 10.6 Å². The fraction of sp³-hybridized carbons (Fsp3) is 0.190. The number of benzene rings is 2. The quantitative estimate of drug-likeness (QED) is 0.676. The Kier molecular flexibility index (Phi) is 5.80. The van der Waals surface area contributed by atoms with Gasteiger partial charge in [-0.25, -0.2) is 4.68 Å². The van der Waals surface area contributed by atoms with Gasteiger partial charge in [0, 0.05) is 23.3 Å². The highest BCUT2D eigenvalue weighted by atomic mass is 35.5. The molecule has 0 saturated carbocycles. The number of carbonyl (C=O) groups excluding carboxylic acids is 2. The molecule has 0 unspecified atom stereocenters. The standard InChI is InChI=1S/C21H21ClN4O2/c1-13(2)19-18(12-24-26(19)17-6-4-5-15(22)11-17)21(28)25-16-9-7-14(8-10-16)20(27)23-3/h4-13H,1-3H3,(H,23,27)(H,25,28). The van der Waals surface area contributed by atoms with Crippen LogP contribution in [0, 0.1) is 0 Å². The van der Waals surface area contributed by atoms with Crippen LogP contribution in [0.3, 0.4) is 0 Å². The van der Waals surface area contributed by atoms with Crippen molar-refractivity contribution in [3.05, 3.63) is 76.6 Å². The number of hydrogen-bond acceptors (Lipinski definition) is 3. The summed E-state index contributed by atoms with van der Waals surface area (Å²) in [4.78, 5) is 24.5. The molecule has 0 fully saturated rings. The van der Waals surface area contributed by atoms with Crippen LogP contribution in [0.4, 0.5) is 5.69 Å². The molecule has 0 aliphatic carbocycles. The van der Waals surface area contributed by atoms with E-state index in [-0.39, 0.29) is 17.7 Å². The summed E-state index contributed by atoms with van der Waals surface area (Å²) in [6, 6.07) is 14.0. The summed E-state index contributed by atoms with van der Waals surface area (Å²) in [5.74, 6) is -0.370. The molecule has 0 spiro atoms. The van der Waals surface area contributed by atoms with Crippen molar-refractivity contribution in [3.63, 3.8) is 0 Å². The highest BCUT2D eigenvalue weighted by Gasteiger charge is 2.21. The van der Waals surface area contributed by atoms with Gasteiger partial charge in [0.05, 0.1) is 23.1 Å². The lowest BCUT2D eigenvalue weighted by atomic mass is 10.0. The van der Waals surface area contributed by atoms with Gasteiger partial charge in [0.15, 0.2) is 0 Å². The van der Waals surface area contributed by atoms with Crippen molar-refractivity contribution in [1.29, 1.82) is 0 Å². The van der Waals surface area contributed by atoms with Crippen molar-refractivity contribution in [2.75, 3.05) is 12.4 Å². The number of halogens is 1. The molecular weight excluding hydrogens is 376 g/mol. The van der Waals surface area contributed by atoms with Crippen LogP contribution in [0.2, 0.25) is 5.02 Å². The van der Waals surface area contributed by atoms with Crippen LogP contribution in [-0.4, -0.2) is 28.6 Å². The predicted octanol–water partition coefficient (Wildman–Crippen LogP) is 4.26. The number of rotatable bonds is 5. The van der Waals surface area contributed by atoms with Crippen LogP contribution in [0.15, 0.2) is 54.7 Å². The van der Waals surface area contributed by atoms with E-state index >= 15 is 0 Å². The lowest BCUT2D eigenvalue weighted by Gasteiger charge is -2.13. The van der Waals surface area contributed by atoms with Gasteiger partial charge in [-0.3, -0.25) is 9.59 Å². The molecule has 144 valence electrons. The molecule has 0 radical (unpaired) electrons. The van der Waals surface area contributed by atoms with Crippen LogP contribution in [0.25, 0.3) is 5.69 Å². The van der Waals surface area contributed by atoms with Crippen molar-refractivity contribution in [2.24, 2.45) is 0 Å². The number of amides is 2. The number of carbonyl (C=O) groups is 2. The normalized spacial score (nSPS) is 10.8. The van der Waals surface area contributed by atoms with E-state index in [0.29, 0.717) is 21.8 Å². The molecule has 1 aromatic heterocycles. The van der Waals surface area contributed by atoms with Crippen LogP contribution < -0.4 is 10.6 Å². The second-order valence-electron chi connectivity index (χ2n) is 6.60. The van der Waals surface area contributed by atoms with Gasteiger partial charge in [0.1, 0.15) is 0 Å². The average Bonchev–Trinajstić information content (AvgIpc) is 3.13. The summed E-state index contributed by atoms with van der Waals surface area (Å²) in [5, 5.41) is 10.4. The van der Waals surface area contributed by atoms with Crippen molar-refractivity contribution in [3.8, 4) is 5.69 Å². The largest absolute Gasteiger partial charge is 0.355 e. The first kappa shape index (κ1) is 19.6. The molecule has 1 heterocycles. The Morgan fingerprint density at radius 3 is 2.39 bits per heavy atom. The molecule has 2 N–H and O–H groups in total. The Balaban J connectivity index is 1.89. The van der Waals surface area contributed by atoms with E-state index in [9.17, 15) is 9.59 Å². The second kappa shape index (κ2) is 8.27. The predicted molar refractivity (Wildman–Crippen MR) is 110 cm³/mol. The minimum absolute atomic E-state index is 0.0675. The first-order chi connectivity index (χ1) is 13.4. The fourth-order valence-electron chi connectivity index (χ4n) is 2.95. The van der Waals surface area contributed by atoms with Crippen LogP contribution in [0.5, 0.6) is 0 Å². The third-order valence-electron chi connectivity index (χ3n) is 4.28. The zero-order chi connectivity index (χ0) is 20.3. The maximum absolute atomic E-state index is 12.9. The molecule has 0 aliphatic rings. The van der Waals surface area contributed by atoms with Crippen LogP contribution >= 0.6 is 11.6 Å². The maximum Gasteiger partial charge on any atom is 0.259 e. The van der Waals surface area contributed by atoms with Crippen molar-refractivity contribution >= 4 is 29.1 Å². The third-order valence-corrected chi connectivity index (χ3v) is 4.52. The lowest BCUT2D eigenvalue weighted by molar-refractivity contribution is 0.0962. The summed E-state index contributed by atoms with van der Waals surface area (Å²) in [6.07, 6.45) is 1.56. The number of anilines is 1. The Labute approximate surface area is 168 Å². The van der Waals surface area contributed by atoms with Gasteiger partial charge in [0.2, 0.25) is 0 Å². The van der Waals surface area contributed by atoms with E-state index < -0.39 is 0 Å². The molecule has 0 saturated heterocycles. The highest BCUT2D eigenvalue weighted by molar-refractivity contribution is 6.30. The first-order valence-electron chi connectivity index (χ1n) is 8.88. The van der Waals surface area contributed by atoms with Gasteiger partial charge in [-0.05, 0) is 48.4 Å². The summed E-state index contributed by atoms with van der Waals surface area (Å²) in [5.41, 5.74) is 3.21. The van der Waals surface area contributed by atoms with Crippen molar-refractivity contribution in [2.45, 2.75) is 19.8 Å². The Hall–Kier alpha value is -3.12. The van der Waals surface area contributed by atoms with Gasteiger partial charge in [-0.1, -0.05) is 31.5 Å². The van der Waals surface area contributed by atoms with Gasteiger partial charge in [-0.2, -0.15) is 5.10 Å². The van der Waals surface area contributed by atoms with Gasteiger partial charge in [-0.15, -0.1) is 0 Å². The molecule has 6 nitrogen and oxygen atoms in total. The van der Waals surface area contributed by atoms with E-state index in [1.807, 2.05) is 26.0 Å². The highest BCUT2D eigenvalue weighted by Crippen LogP contribution is 2.25. The molecule has 3 rings (SSSR count). The van der Waals surface area contributed by atoms with Crippen molar-refractivity contribution in [1.82, 2.24) is 15.1 Å². The minimum atomic E-state index is -0.260. The fourth-order valence-corrected chi connectivity index (χ4v) is 3.13. The number of aromatic nitrogens is 2. The van der Waals surface area contributed by atoms with Crippen molar-refractivity contribution < 1.29 is 9.59 Å². The van der Waals surface area contributed by atoms with Gasteiger partial charge >= 0.3 is 0 Å². The molecular formula is C21H21ClN4O2. The topological polar surface area (TPSA) is 76.0 Å². The SMILES string of the molecule is CNC(=O)c1ccc(NC(=O)c2cnn(-c3cccc(Cl)c3)c2C(C)C)cc1. The molecule has 7 heteroatoms. The third kappa shape index (κ3) is 4.07. The zero-order valence-electron chi connectivity index (χ0n) is 15.9. The van der Waals surface area contributed by atoms with E-state index in [1.165, 1.54) is 0 Å². The first-order valence-corrected chi connectivity index (χ1v) is 9.26. The average molecular weight is 397 g/mol. The molecule has 28 heavy (non-hydrogen) atoms. The number of nitrogens with zero attached hydrogens (tertiary/aromatic N) is 2. The Morgan fingerprint density at radius 1 is 1.07 bits per heavy atom. The Bertz CT molecular complexity index is 1010. The monoisotopic (exact) mass is 396 g/mol. The smallest absolute Gasteiger partial charge is 0.259 e. The Morgan fingerprint density at radius 2 is 1.79 bits per heavy atom. The summed E-state index contributed by atoms with van der Waals surface area (Å²) in [7, 11) is 1.57. The number of hydrogen-bond donors (Lipinski definition) is 2. The van der Waals surface area contributed by atoms with E-state index in [4.69, 9.17) is 11.6 Å². The zero-order valence-corrected chi connectivity index (χ0v) is 16.6. The summed E-state index contributed by atoms with van der Waals surface area (Å²) in [6.45, 7) is 4.01. The van der Waals surface area contributed by atoms with E-state index in [0.717, 1.165) is 11.4 Å². The summed E-state index contributed by atoms with van der Waals surface area (Å²) >= 11 is 6.10. The van der Waals surface area contributed by atoms with E-state index in [2.05, 4.69) is 15.7 Å². The van der Waals surface area contributed by atoms with Crippen LogP contribution in [0.1, 0.15) is 46.2 Å². The maximum atomic E-state index is 12.9. The van der Waals surface area contributed by atoms with Gasteiger partial charge in [0.25, 0.3) is 11.8 Å². The minimum Gasteiger partial charge on any atom is -0.355 e. The molecule has 0 bridgehead atoms. The molecule has 0 atom stereocenters. The second-order valence-corrected chi connectivity index (χ2v) is 7.04. The summed E-state index contributed by atoms with van der Waals surface area (Å²) < 4.78 is 1.74. The number of nitrogens with one attached hydrogen (secondary N) is 2. The molecule has 0 aliphatic heterocycles. The van der Waals surface area contributed by atoms with E-state index in [1.54, 1.807) is 54.3 Å².